The van der Waals surface area contributed by atoms with Crippen molar-refractivity contribution >= 4 is 38.3 Å². The van der Waals surface area contributed by atoms with Gasteiger partial charge >= 0.3 is 0 Å². The molecule has 0 fully saturated rings. The molecular formula is C18H16BrN3OS. The number of rotatable bonds is 5. The SMILES string of the molecule is CCCc1ccc(C(=O)Nc2nnc(-c3ccc(Br)cc3)s2)cc1. The standard InChI is InChI=1S/C18H16BrN3OS/c1-2-3-12-4-6-13(7-5-12)16(23)20-18-22-21-17(24-18)14-8-10-15(19)11-9-14/h4-11H,2-3H2,1H3,(H,20,22,23). The summed E-state index contributed by atoms with van der Waals surface area (Å²) < 4.78 is 1.01. The highest BCUT2D eigenvalue weighted by Crippen LogP contribution is 2.27. The van der Waals surface area contributed by atoms with Crippen molar-refractivity contribution in [2.45, 2.75) is 19.8 Å². The molecule has 0 aliphatic carbocycles. The van der Waals surface area contributed by atoms with Gasteiger partial charge in [-0.2, -0.15) is 0 Å². The number of carbonyl (C=O) groups excluding carboxylic acids is 1. The summed E-state index contributed by atoms with van der Waals surface area (Å²) in [5.41, 5.74) is 2.83. The average molecular weight is 402 g/mol. The molecule has 1 N–H and O–H groups in total. The summed E-state index contributed by atoms with van der Waals surface area (Å²) in [4.78, 5) is 12.3. The summed E-state index contributed by atoms with van der Waals surface area (Å²) in [6.07, 6.45) is 2.12. The monoisotopic (exact) mass is 401 g/mol. The van der Waals surface area contributed by atoms with Crippen molar-refractivity contribution < 1.29 is 4.79 Å². The van der Waals surface area contributed by atoms with Crippen LogP contribution in [0.3, 0.4) is 0 Å². The molecule has 0 unspecified atom stereocenters. The predicted molar refractivity (Wildman–Crippen MR) is 101 cm³/mol. The summed E-state index contributed by atoms with van der Waals surface area (Å²) in [6, 6.07) is 15.5. The van der Waals surface area contributed by atoms with E-state index in [1.165, 1.54) is 16.9 Å². The van der Waals surface area contributed by atoms with Gasteiger partial charge in [0.2, 0.25) is 5.13 Å². The minimum Gasteiger partial charge on any atom is -0.296 e. The van der Waals surface area contributed by atoms with Gasteiger partial charge < -0.3 is 0 Å². The van der Waals surface area contributed by atoms with Crippen molar-refractivity contribution in [3.05, 3.63) is 64.1 Å². The highest BCUT2D eigenvalue weighted by Gasteiger charge is 2.11. The summed E-state index contributed by atoms with van der Waals surface area (Å²) >= 11 is 4.76. The normalized spacial score (nSPS) is 10.6. The Labute approximate surface area is 153 Å². The summed E-state index contributed by atoms with van der Waals surface area (Å²) in [6.45, 7) is 2.14. The van der Waals surface area contributed by atoms with Crippen molar-refractivity contribution in [3.8, 4) is 10.6 Å². The first-order valence-electron chi connectivity index (χ1n) is 7.65. The van der Waals surface area contributed by atoms with Crippen LogP contribution in [0.4, 0.5) is 5.13 Å². The summed E-state index contributed by atoms with van der Waals surface area (Å²) in [5.74, 6) is -0.170. The lowest BCUT2D eigenvalue weighted by Gasteiger charge is -2.03. The zero-order valence-corrected chi connectivity index (χ0v) is 15.5. The topological polar surface area (TPSA) is 54.9 Å². The third kappa shape index (κ3) is 4.07. The van der Waals surface area contributed by atoms with Gasteiger partial charge in [0.1, 0.15) is 5.01 Å². The van der Waals surface area contributed by atoms with Crippen LogP contribution >= 0.6 is 27.3 Å². The molecule has 0 atom stereocenters. The van der Waals surface area contributed by atoms with E-state index in [2.05, 4.69) is 38.4 Å². The molecule has 0 aliphatic rings. The molecule has 1 amide bonds. The first kappa shape index (κ1) is 16.8. The minimum atomic E-state index is -0.170. The quantitative estimate of drug-likeness (QED) is 0.641. The zero-order chi connectivity index (χ0) is 16.9. The maximum Gasteiger partial charge on any atom is 0.257 e. The van der Waals surface area contributed by atoms with Crippen LogP contribution in [0.15, 0.2) is 53.0 Å². The van der Waals surface area contributed by atoms with Gasteiger partial charge in [0.25, 0.3) is 5.91 Å². The van der Waals surface area contributed by atoms with Gasteiger partial charge in [0.15, 0.2) is 0 Å². The van der Waals surface area contributed by atoms with E-state index in [4.69, 9.17) is 0 Å². The Bertz CT molecular complexity index is 828. The molecule has 3 aromatic rings. The number of nitrogens with zero attached hydrogens (tertiary/aromatic N) is 2. The Balaban J connectivity index is 1.69. The van der Waals surface area contributed by atoms with Crippen molar-refractivity contribution in [1.82, 2.24) is 10.2 Å². The summed E-state index contributed by atoms with van der Waals surface area (Å²) in [5, 5.41) is 12.3. The zero-order valence-electron chi connectivity index (χ0n) is 13.1. The number of hydrogen-bond acceptors (Lipinski definition) is 4. The van der Waals surface area contributed by atoms with Crippen LogP contribution in [0, 0.1) is 0 Å². The maximum absolute atomic E-state index is 12.3. The van der Waals surface area contributed by atoms with Crippen molar-refractivity contribution in [3.63, 3.8) is 0 Å². The van der Waals surface area contributed by atoms with Gasteiger partial charge in [0, 0.05) is 15.6 Å². The Kier molecular flexibility index (Phi) is 5.37. The van der Waals surface area contributed by atoms with Gasteiger partial charge in [-0.25, -0.2) is 0 Å². The number of aryl methyl sites for hydroxylation is 1. The first-order chi connectivity index (χ1) is 11.7. The lowest BCUT2D eigenvalue weighted by molar-refractivity contribution is 0.102. The number of anilines is 1. The Morgan fingerprint density at radius 1 is 1.08 bits per heavy atom. The van der Waals surface area contributed by atoms with Gasteiger partial charge in [-0.15, -0.1) is 10.2 Å². The number of carbonyl (C=O) groups is 1. The fraction of sp³-hybridized carbons (Fsp3) is 0.167. The Morgan fingerprint density at radius 3 is 2.46 bits per heavy atom. The molecule has 2 aromatic carbocycles. The van der Waals surface area contributed by atoms with Crippen molar-refractivity contribution in [2.24, 2.45) is 0 Å². The number of aromatic nitrogens is 2. The molecule has 4 nitrogen and oxygen atoms in total. The van der Waals surface area contributed by atoms with E-state index >= 15 is 0 Å². The predicted octanol–water partition coefficient (Wildman–Crippen LogP) is 5.17. The van der Waals surface area contributed by atoms with E-state index in [9.17, 15) is 4.79 Å². The molecule has 1 aromatic heterocycles. The second-order valence-corrected chi connectivity index (χ2v) is 7.21. The molecule has 0 aliphatic heterocycles. The molecule has 0 spiro atoms. The Morgan fingerprint density at radius 2 is 1.79 bits per heavy atom. The van der Waals surface area contributed by atoms with Crippen molar-refractivity contribution in [1.29, 1.82) is 0 Å². The molecule has 0 radical (unpaired) electrons. The molecule has 0 bridgehead atoms. The largest absolute Gasteiger partial charge is 0.296 e. The van der Waals surface area contributed by atoms with E-state index in [-0.39, 0.29) is 5.91 Å². The van der Waals surface area contributed by atoms with Crippen LogP contribution in [0.2, 0.25) is 0 Å². The number of halogens is 1. The summed E-state index contributed by atoms with van der Waals surface area (Å²) in [7, 11) is 0. The molecule has 1 heterocycles. The van der Waals surface area contributed by atoms with Crippen LogP contribution in [0.1, 0.15) is 29.3 Å². The van der Waals surface area contributed by atoms with Crippen LogP contribution < -0.4 is 5.32 Å². The molecule has 0 saturated carbocycles. The fourth-order valence-electron chi connectivity index (χ4n) is 2.26. The van der Waals surface area contributed by atoms with Crippen LogP contribution in [-0.4, -0.2) is 16.1 Å². The third-order valence-corrected chi connectivity index (χ3v) is 4.91. The average Bonchev–Trinajstić information content (AvgIpc) is 3.05. The maximum atomic E-state index is 12.3. The van der Waals surface area contributed by atoms with Crippen LogP contribution in [0.25, 0.3) is 10.6 Å². The molecule has 3 rings (SSSR count). The molecule has 0 saturated heterocycles. The van der Waals surface area contributed by atoms with E-state index < -0.39 is 0 Å². The lowest BCUT2D eigenvalue weighted by atomic mass is 10.1. The van der Waals surface area contributed by atoms with Gasteiger partial charge in [-0.05, 0) is 36.2 Å². The molecule has 6 heteroatoms. The fourth-order valence-corrected chi connectivity index (χ4v) is 3.27. The van der Waals surface area contributed by atoms with Gasteiger partial charge in [0.05, 0.1) is 0 Å². The molecular weight excluding hydrogens is 386 g/mol. The highest BCUT2D eigenvalue weighted by atomic mass is 79.9. The molecule has 24 heavy (non-hydrogen) atoms. The highest BCUT2D eigenvalue weighted by molar-refractivity contribution is 9.10. The van der Waals surface area contributed by atoms with Gasteiger partial charge in [-0.1, -0.05) is 64.9 Å². The molecule has 122 valence electrons. The minimum absolute atomic E-state index is 0.170. The lowest BCUT2D eigenvalue weighted by Crippen LogP contribution is -2.11. The Hall–Kier alpha value is -2.05. The van der Waals surface area contributed by atoms with E-state index in [1.807, 2.05) is 48.5 Å². The second kappa shape index (κ2) is 7.68. The van der Waals surface area contributed by atoms with E-state index in [1.54, 1.807) is 0 Å². The van der Waals surface area contributed by atoms with Crippen LogP contribution in [-0.2, 0) is 6.42 Å². The first-order valence-corrected chi connectivity index (χ1v) is 9.26. The second-order valence-electron chi connectivity index (χ2n) is 5.32. The van der Waals surface area contributed by atoms with E-state index in [0.717, 1.165) is 27.9 Å². The smallest absolute Gasteiger partial charge is 0.257 e. The van der Waals surface area contributed by atoms with E-state index in [0.29, 0.717) is 10.7 Å². The van der Waals surface area contributed by atoms with Crippen LogP contribution in [0.5, 0.6) is 0 Å². The number of nitrogens with one attached hydrogen (secondary N) is 1. The number of amides is 1. The third-order valence-electron chi connectivity index (χ3n) is 3.49. The number of benzene rings is 2. The number of hydrogen-bond donors (Lipinski definition) is 1. The van der Waals surface area contributed by atoms with Gasteiger partial charge in [-0.3, -0.25) is 10.1 Å². The van der Waals surface area contributed by atoms with Crippen molar-refractivity contribution in [2.75, 3.05) is 5.32 Å².